The van der Waals surface area contributed by atoms with E-state index in [4.69, 9.17) is 0 Å². The third-order valence-corrected chi connectivity index (χ3v) is 2.67. The van der Waals surface area contributed by atoms with Crippen LogP contribution in [0.2, 0.25) is 0 Å². The van der Waals surface area contributed by atoms with Crippen LogP contribution in [0.15, 0.2) is 0 Å². The molecule has 0 aliphatic carbocycles. The van der Waals surface area contributed by atoms with Crippen LogP contribution in [0.4, 0.5) is 0 Å². The number of nitrogens with zero attached hydrogens (tertiary/aromatic N) is 2. The zero-order valence-electron chi connectivity index (χ0n) is 8.31. The number of hydrogen-bond donors (Lipinski definition) is 0. The first-order chi connectivity index (χ1) is 5.46. The van der Waals surface area contributed by atoms with Gasteiger partial charge >= 0.3 is 0 Å². The molecule has 0 aliphatic heterocycles. The molecular formula is C10H16N2+2. The van der Waals surface area contributed by atoms with E-state index in [0.717, 1.165) is 22.8 Å². The SMILES string of the molecule is C=[n+]1c(C)c(C)[n+](=C)c(C)c1C. The summed E-state index contributed by atoms with van der Waals surface area (Å²) in [6, 6.07) is 0. The molecule has 0 saturated heterocycles. The Morgan fingerprint density at radius 3 is 1.00 bits per heavy atom. The van der Waals surface area contributed by atoms with E-state index in [1.165, 1.54) is 0 Å². The number of rotatable bonds is 0. The predicted octanol–water partition coefficient (Wildman–Crippen LogP) is 0.775. The molecule has 64 valence electrons. The predicted molar refractivity (Wildman–Crippen MR) is 47.3 cm³/mol. The topological polar surface area (TPSA) is 11.8 Å². The molecule has 2 heteroatoms. The van der Waals surface area contributed by atoms with Gasteiger partial charge in [0, 0.05) is 27.7 Å². The van der Waals surface area contributed by atoms with E-state index in [-0.39, 0.29) is 0 Å². The molecule has 0 N–H and O–H groups in total. The van der Waals surface area contributed by atoms with Crippen molar-refractivity contribution in [2.24, 2.45) is 0 Å². The van der Waals surface area contributed by atoms with Gasteiger partial charge in [-0.1, -0.05) is 0 Å². The van der Waals surface area contributed by atoms with Crippen molar-refractivity contribution >= 4 is 0 Å². The van der Waals surface area contributed by atoms with Gasteiger partial charge in [0.25, 0.3) is 22.8 Å². The van der Waals surface area contributed by atoms with E-state index in [1.807, 2.05) is 8.49 Å². The third kappa shape index (κ3) is 1.04. The van der Waals surface area contributed by atoms with Crippen molar-refractivity contribution in [2.45, 2.75) is 27.7 Å². The fraction of sp³-hybridized carbons (Fsp3) is 0.400. The highest BCUT2D eigenvalue weighted by molar-refractivity contribution is 5.01. The van der Waals surface area contributed by atoms with Gasteiger partial charge in [0.1, 0.15) is 13.4 Å². The largest absolute Gasteiger partial charge is 0.250 e. The van der Waals surface area contributed by atoms with Gasteiger partial charge in [-0.3, -0.25) is 0 Å². The van der Waals surface area contributed by atoms with Crippen molar-refractivity contribution in [3.05, 3.63) is 36.2 Å². The molecule has 12 heavy (non-hydrogen) atoms. The summed E-state index contributed by atoms with van der Waals surface area (Å²) in [4.78, 5) is 0. The van der Waals surface area contributed by atoms with E-state index < -0.39 is 0 Å². The maximum Gasteiger partial charge on any atom is 0.250 e. The lowest BCUT2D eigenvalue weighted by Crippen LogP contribution is -2.37. The quantitative estimate of drug-likeness (QED) is 0.502. The summed E-state index contributed by atoms with van der Waals surface area (Å²) >= 11 is 0. The zero-order chi connectivity index (χ0) is 9.46. The Hall–Kier alpha value is -1.18. The fourth-order valence-electron chi connectivity index (χ4n) is 1.28. The summed E-state index contributed by atoms with van der Waals surface area (Å²) in [7, 11) is 0. The molecule has 1 heterocycles. The first kappa shape index (κ1) is 8.91. The minimum absolute atomic E-state index is 1.16. The average molecular weight is 164 g/mol. The molecule has 0 amide bonds. The second-order valence-electron chi connectivity index (χ2n) is 3.20. The lowest BCUT2D eigenvalue weighted by Gasteiger charge is -1.94. The fourth-order valence-corrected chi connectivity index (χ4v) is 1.28. The van der Waals surface area contributed by atoms with Crippen molar-refractivity contribution in [1.29, 1.82) is 0 Å². The third-order valence-electron chi connectivity index (χ3n) is 2.67. The minimum Gasteiger partial charge on any atom is -0.164 e. The molecule has 2 nitrogen and oxygen atoms in total. The molecule has 0 radical (unpaired) electrons. The Morgan fingerprint density at radius 2 is 0.833 bits per heavy atom. The van der Waals surface area contributed by atoms with E-state index in [2.05, 4.69) is 41.1 Å². The molecule has 1 aromatic heterocycles. The van der Waals surface area contributed by atoms with Crippen LogP contribution in [0.1, 0.15) is 22.8 Å². The lowest BCUT2D eigenvalue weighted by atomic mass is 10.2. The standard InChI is InChI=1S/C10H16N2/c1-7-8(2)12(6)10(4)9(3)11(7)5/h5-6H2,1-4H3/q+2. The highest BCUT2D eigenvalue weighted by atomic mass is 14.9. The van der Waals surface area contributed by atoms with Crippen LogP contribution < -0.4 is 8.49 Å². The maximum absolute atomic E-state index is 3.96. The van der Waals surface area contributed by atoms with Crippen LogP contribution in [-0.4, -0.2) is 0 Å². The Balaban J connectivity index is 3.86. The van der Waals surface area contributed by atoms with Gasteiger partial charge < -0.3 is 0 Å². The molecule has 1 aromatic rings. The van der Waals surface area contributed by atoms with Crippen LogP contribution in [0.25, 0.3) is 0 Å². The molecule has 0 unspecified atom stereocenters. The molecule has 0 atom stereocenters. The van der Waals surface area contributed by atoms with Crippen LogP contribution in [-0.2, 0) is 0 Å². The summed E-state index contributed by atoms with van der Waals surface area (Å²) in [6.45, 7) is 16.1. The van der Waals surface area contributed by atoms with E-state index >= 15 is 0 Å². The molecule has 0 bridgehead atoms. The Kier molecular flexibility index (Phi) is 2.01. The highest BCUT2D eigenvalue weighted by Gasteiger charge is 2.18. The summed E-state index contributed by atoms with van der Waals surface area (Å²) in [5.74, 6) is 0. The summed E-state index contributed by atoms with van der Waals surface area (Å²) < 4.78 is 3.90. The normalized spacial score (nSPS) is 10.3. The Bertz CT molecular complexity index is 342. The van der Waals surface area contributed by atoms with Crippen molar-refractivity contribution in [1.82, 2.24) is 0 Å². The van der Waals surface area contributed by atoms with Crippen LogP contribution in [0.5, 0.6) is 0 Å². The van der Waals surface area contributed by atoms with Crippen molar-refractivity contribution in [3.63, 3.8) is 0 Å². The number of hydrogen-bond acceptors (Lipinski definition) is 0. The van der Waals surface area contributed by atoms with Crippen molar-refractivity contribution < 1.29 is 8.49 Å². The van der Waals surface area contributed by atoms with Crippen LogP contribution in [0.3, 0.4) is 0 Å². The summed E-state index contributed by atoms with van der Waals surface area (Å²) in [6.07, 6.45) is 0. The molecule has 0 aliphatic rings. The van der Waals surface area contributed by atoms with Gasteiger partial charge in [0.2, 0.25) is 0 Å². The van der Waals surface area contributed by atoms with Gasteiger partial charge in [-0.2, -0.15) is 8.49 Å². The average Bonchev–Trinajstić information content (AvgIpc) is 2.08. The van der Waals surface area contributed by atoms with Crippen molar-refractivity contribution in [3.8, 4) is 0 Å². The Morgan fingerprint density at radius 1 is 0.667 bits per heavy atom. The second-order valence-corrected chi connectivity index (χ2v) is 3.20. The second kappa shape index (κ2) is 2.70. The summed E-state index contributed by atoms with van der Waals surface area (Å²) in [5, 5.41) is 0. The van der Waals surface area contributed by atoms with Gasteiger partial charge in [-0.25, -0.2) is 0 Å². The van der Waals surface area contributed by atoms with Gasteiger partial charge in [0.05, 0.1) is 0 Å². The van der Waals surface area contributed by atoms with Crippen molar-refractivity contribution in [2.75, 3.05) is 0 Å². The first-order valence-corrected chi connectivity index (χ1v) is 4.03. The molecule has 0 saturated carbocycles. The smallest absolute Gasteiger partial charge is 0.164 e. The van der Waals surface area contributed by atoms with Crippen LogP contribution in [0, 0.1) is 41.1 Å². The monoisotopic (exact) mass is 164 g/mol. The molecular weight excluding hydrogens is 148 g/mol. The van der Waals surface area contributed by atoms with Gasteiger partial charge in [-0.15, -0.1) is 0 Å². The molecule has 1 rings (SSSR count). The zero-order valence-corrected chi connectivity index (χ0v) is 8.31. The maximum atomic E-state index is 3.96. The first-order valence-electron chi connectivity index (χ1n) is 4.03. The van der Waals surface area contributed by atoms with E-state index in [1.54, 1.807) is 0 Å². The van der Waals surface area contributed by atoms with E-state index in [0.29, 0.717) is 0 Å². The Labute approximate surface area is 73.2 Å². The van der Waals surface area contributed by atoms with Crippen LogP contribution >= 0.6 is 0 Å². The molecule has 0 spiro atoms. The molecule has 0 aromatic carbocycles. The van der Waals surface area contributed by atoms with E-state index in [9.17, 15) is 0 Å². The van der Waals surface area contributed by atoms with Gasteiger partial charge in [-0.05, 0) is 0 Å². The van der Waals surface area contributed by atoms with Gasteiger partial charge in [0.15, 0.2) is 0 Å². The summed E-state index contributed by atoms with van der Waals surface area (Å²) in [5.41, 5.74) is 4.64. The molecule has 0 fully saturated rings. The minimum atomic E-state index is 1.16. The number of aromatic nitrogens is 2. The lowest BCUT2D eigenvalue weighted by molar-refractivity contribution is -0.583. The highest BCUT2D eigenvalue weighted by Crippen LogP contribution is 1.97.